The lowest BCUT2D eigenvalue weighted by molar-refractivity contribution is -0.129. The average molecular weight is 262 g/mol. The molecule has 19 heavy (non-hydrogen) atoms. The van der Waals surface area contributed by atoms with E-state index in [1.165, 1.54) is 18.9 Å². The van der Waals surface area contributed by atoms with Gasteiger partial charge in [-0.1, -0.05) is 18.2 Å². The van der Waals surface area contributed by atoms with E-state index in [1.54, 1.807) is 18.2 Å². The second-order valence-electron chi connectivity index (χ2n) is 5.53. The summed E-state index contributed by atoms with van der Waals surface area (Å²) < 4.78 is 13.5. The predicted molar refractivity (Wildman–Crippen MR) is 71.2 cm³/mol. The van der Waals surface area contributed by atoms with E-state index in [2.05, 4.69) is 5.32 Å². The molecule has 3 nitrogen and oxygen atoms in total. The Balaban J connectivity index is 1.64. The molecule has 1 aromatic rings. The van der Waals surface area contributed by atoms with E-state index in [0.29, 0.717) is 17.5 Å². The van der Waals surface area contributed by atoms with Gasteiger partial charge in [0.25, 0.3) is 0 Å². The third-order valence-electron chi connectivity index (χ3n) is 4.25. The molecule has 1 amide bonds. The topological polar surface area (TPSA) is 32.3 Å². The van der Waals surface area contributed by atoms with Crippen molar-refractivity contribution in [3.05, 3.63) is 35.6 Å². The number of nitrogens with zero attached hydrogens (tertiary/aromatic N) is 1. The number of likely N-dealkylation sites (tertiary alicyclic amines) is 1. The molecule has 0 radical (unpaired) electrons. The largest absolute Gasteiger partial charge is 0.340 e. The average Bonchev–Trinajstić information content (AvgIpc) is 2.85. The maximum atomic E-state index is 13.5. The van der Waals surface area contributed by atoms with Crippen molar-refractivity contribution >= 4 is 5.91 Å². The molecule has 2 atom stereocenters. The molecule has 4 heteroatoms. The van der Waals surface area contributed by atoms with Crippen LogP contribution in [-0.2, 0) is 11.2 Å². The van der Waals surface area contributed by atoms with Crippen LogP contribution >= 0.6 is 0 Å². The highest BCUT2D eigenvalue weighted by Crippen LogP contribution is 2.25. The number of benzene rings is 1. The summed E-state index contributed by atoms with van der Waals surface area (Å²) in [5.41, 5.74) is 0.496. The SMILES string of the molecule is O=C(Cc1ccccc1F)N1C[C@@H]2CCCN[C@@H]2C1. The summed E-state index contributed by atoms with van der Waals surface area (Å²) in [6, 6.07) is 6.97. The first-order valence-corrected chi connectivity index (χ1v) is 6.98. The predicted octanol–water partition coefficient (Wildman–Crippen LogP) is 1.58. The molecule has 0 spiro atoms. The second kappa shape index (κ2) is 5.29. The maximum Gasteiger partial charge on any atom is 0.227 e. The zero-order chi connectivity index (χ0) is 13.2. The van der Waals surface area contributed by atoms with Crippen LogP contribution < -0.4 is 5.32 Å². The molecule has 0 unspecified atom stereocenters. The molecule has 3 rings (SSSR count). The van der Waals surface area contributed by atoms with Crippen molar-refractivity contribution < 1.29 is 9.18 Å². The van der Waals surface area contributed by atoms with Gasteiger partial charge in [-0.05, 0) is 36.9 Å². The Bertz CT molecular complexity index is 463. The third-order valence-corrected chi connectivity index (χ3v) is 4.25. The standard InChI is InChI=1S/C15H19FN2O/c16-13-6-2-1-4-11(13)8-15(19)18-9-12-5-3-7-17-14(12)10-18/h1-2,4,6,12,14,17H,3,5,7-10H2/t12-,14+/m0/s1. The van der Waals surface area contributed by atoms with Crippen molar-refractivity contribution in [2.75, 3.05) is 19.6 Å². The number of hydrogen-bond donors (Lipinski definition) is 1. The lowest BCUT2D eigenvalue weighted by Gasteiger charge is -2.24. The second-order valence-corrected chi connectivity index (χ2v) is 5.53. The number of piperidine rings is 1. The minimum absolute atomic E-state index is 0.0429. The van der Waals surface area contributed by atoms with Crippen molar-refractivity contribution in [2.24, 2.45) is 5.92 Å². The van der Waals surface area contributed by atoms with Gasteiger partial charge in [0, 0.05) is 19.1 Å². The van der Waals surface area contributed by atoms with Crippen LogP contribution in [0, 0.1) is 11.7 Å². The Kier molecular flexibility index (Phi) is 3.51. The molecular weight excluding hydrogens is 243 g/mol. The number of nitrogens with one attached hydrogen (secondary N) is 1. The lowest BCUT2D eigenvalue weighted by Crippen LogP contribution is -2.41. The lowest BCUT2D eigenvalue weighted by atomic mass is 9.94. The van der Waals surface area contributed by atoms with Crippen molar-refractivity contribution in [3.8, 4) is 0 Å². The smallest absolute Gasteiger partial charge is 0.227 e. The summed E-state index contributed by atoms with van der Waals surface area (Å²) in [7, 11) is 0. The molecule has 0 aliphatic carbocycles. The van der Waals surface area contributed by atoms with Crippen LogP contribution in [-0.4, -0.2) is 36.5 Å². The van der Waals surface area contributed by atoms with E-state index in [0.717, 1.165) is 19.6 Å². The fourth-order valence-corrected chi connectivity index (χ4v) is 3.17. The van der Waals surface area contributed by atoms with Crippen LogP contribution in [0.25, 0.3) is 0 Å². The number of amides is 1. The molecule has 2 aliphatic rings. The monoisotopic (exact) mass is 262 g/mol. The fourth-order valence-electron chi connectivity index (χ4n) is 3.17. The van der Waals surface area contributed by atoms with Gasteiger partial charge in [-0.25, -0.2) is 4.39 Å². The van der Waals surface area contributed by atoms with E-state index in [-0.39, 0.29) is 18.1 Å². The first kappa shape index (κ1) is 12.6. The highest BCUT2D eigenvalue weighted by Gasteiger charge is 2.36. The summed E-state index contributed by atoms with van der Waals surface area (Å²) in [4.78, 5) is 14.1. The van der Waals surface area contributed by atoms with Crippen molar-refractivity contribution in [1.82, 2.24) is 10.2 Å². The number of fused-ring (bicyclic) bond motifs is 1. The van der Waals surface area contributed by atoms with Gasteiger partial charge in [0.15, 0.2) is 0 Å². The van der Waals surface area contributed by atoms with Crippen LogP contribution in [0.1, 0.15) is 18.4 Å². The molecule has 102 valence electrons. The van der Waals surface area contributed by atoms with Crippen LogP contribution in [0.15, 0.2) is 24.3 Å². The Labute approximate surface area is 112 Å². The van der Waals surface area contributed by atoms with Gasteiger partial charge in [-0.15, -0.1) is 0 Å². The van der Waals surface area contributed by atoms with Gasteiger partial charge in [0.2, 0.25) is 5.91 Å². The van der Waals surface area contributed by atoms with Gasteiger partial charge in [0.1, 0.15) is 5.82 Å². The summed E-state index contributed by atoms with van der Waals surface area (Å²) >= 11 is 0. The Morgan fingerprint density at radius 3 is 3.00 bits per heavy atom. The Morgan fingerprint density at radius 1 is 1.37 bits per heavy atom. The fraction of sp³-hybridized carbons (Fsp3) is 0.533. The van der Waals surface area contributed by atoms with Crippen molar-refractivity contribution in [2.45, 2.75) is 25.3 Å². The number of rotatable bonds is 2. The van der Waals surface area contributed by atoms with Gasteiger partial charge in [0.05, 0.1) is 6.42 Å². The minimum atomic E-state index is -0.286. The van der Waals surface area contributed by atoms with E-state index < -0.39 is 0 Å². The Hall–Kier alpha value is -1.42. The summed E-state index contributed by atoms with van der Waals surface area (Å²) in [6.07, 6.45) is 2.56. The van der Waals surface area contributed by atoms with Gasteiger partial charge < -0.3 is 10.2 Å². The van der Waals surface area contributed by atoms with Crippen LogP contribution in [0.3, 0.4) is 0 Å². The molecule has 1 aromatic carbocycles. The molecule has 0 saturated carbocycles. The Morgan fingerprint density at radius 2 is 2.21 bits per heavy atom. The number of carbonyl (C=O) groups excluding carboxylic acids is 1. The quantitative estimate of drug-likeness (QED) is 0.877. The number of carbonyl (C=O) groups is 1. The highest BCUT2D eigenvalue weighted by atomic mass is 19.1. The molecule has 1 N–H and O–H groups in total. The van der Waals surface area contributed by atoms with Crippen molar-refractivity contribution in [3.63, 3.8) is 0 Å². The molecule has 2 fully saturated rings. The molecular formula is C15H19FN2O. The molecule has 2 heterocycles. The van der Waals surface area contributed by atoms with Crippen LogP contribution in [0.2, 0.25) is 0 Å². The number of hydrogen-bond acceptors (Lipinski definition) is 2. The molecule has 2 aliphatic heterocycles. The van der Waals surface area contributed by atoms with Gasteiger partial charge in [-0.3, -0.25) is 4.79 Å². The first-order chi connectivity index (χ1) is 9.24. The third kappa shape index (κ3) is 2.63. The highest BCUT2D eigenvalue weighted by molar-refractivity contribution is 5.79. The molecule has 0 aromatic heterocycles. The number of halogens is 1. The molecule has 0 bridgehead atoms. The molecule has 2 saturated heterocycles. The summed E-state index contributed by atoms with van der Waals surface area (Å²) in [5.74, 6) is 0.338. The van der Waals surface area contributed by atoms with Crippen molar-refractivity contribution in [1.29, 1.82) is 0 Å². The van der Waals surface area contributed by atoms with Gasteiger partial charge >= 0.3 is 0 Å². The van der Waals surface area contributed by atoms with E-state index in [4.69, 9.17) is 0 Å². The van der Waals surface area contributed by atoms with E-state index in [9.17, 15) is 9.18 Å². The van der Waals surface area contributed by atoms with Crippen LogP contribution in [0.4, 0.5) is 4.39 Å². The van der Waals surface area contributed by atoms with Crippen LogP contribution in [0.5, 0.6) is 0 Å². The first-order valence-electron chi connectivity index (χ1n) is 6.98. The minimum Gasteiger partial charge on any atom is -0.340 e. The summed E-state index contributed by atoms with van der Waals surface area (Å²) in [6.45, 7) is 2.65. The zero-order valence-electron chi connectivity index (χ0n) is 10.9. The van der Waals surface area contributed by atoms with E-state index in [1.807, 2.05) is 4.90 Å². The van der Waals surface area contributed by atoms with Gasteiger partial charge in [-0.2, -0.15) is 0 Å². The normalized spacial score (nSPS) is 26.3. The summed E-state index contributed by atoms with van der Waals surface area (Å²) in [5, 5.41) is 3.47. The maximum absolute atomic E-state index is 13.5. The zero-order valence-corrected chi connectivity index (χ0v) is 10.9. The van der Waals surface area contributed by atoms with E-state index >= 15 is 0 Å².